The van der Waals surface area contributed by atoms with Crippen LogP contribution in [-0.4, -0.2) is 47.2 Å². The number of halogens is 1. The van der Waals surface area contributed by atoms with Crippen molar-refractivity contribution in [1.82, 2.24) is 9.88 Å². The fourth-order valence-electron chi connectivity index (χ4n) is 3.38. The first-order valence-electron chi connectivity index (χ1n) is 9.47. The van der Waals surface area contributed by atoms with Gasteiger partial charge < -0.3 is 14.6 Å². The zero-order valence-electron chi connectivity index (χ0n) is 17.6. The van der Waals surface area contributed by atoms with E-state index in [1.54, 1.807) is 45.0 Å². The number of esters is 1. The van der Waals surface area contributed by atoms with Gasteiger partial charge in [0.15, 0.2) is 5.78 Å². The first-order valence-corrected chi connectivity index (χ1v) is 9.85. The average molecular weight is 419 g/mol. The molecule has 1 N–H and O–H groups in total. The highest BCUT2D eigenvalue weighted by atomic mass is 35.5. The molecule has 156 valence electrons. The number of ketones is 1. The average Bonchev–Trinajstić information content (AvgIpc) is 2.98. The number of methoxy groups -OCH3 is 1. The van der Waals surface area contributed by atoms with Crippen molar-refractivity contribution in [2.75, 3.05) is 13.7 Å². The van der Waals surface area contributed by atoms with Crippen LogP contribution in [0.4, 0.5) is 0 Å². The standard InChI is InChI=1S/C22H27ClN2O4/c1-12(2)11-25(21(27)16-9-7-8-10-17(16)23)15(5)20(26)18-13(3)19(22(28)29-6)24-14(18)4/h7-10,12,15,24H,11H2,1-6H3. The van der Waals surface area contributed by atoms with E-state index in [1.807, 2.05) is 13.8 Å². The number of Topliss-reactive ketones (excluding diaryl/α,β-unsaturated/α-hetero) is 1. The molecule has 7 heteroatoms. The molecular formula is C22H27ClN2O4. The molecule has 1 heterocycles. The Kier molecular flexibility index (Phi) is 7.25. The number of aromatic amines is 1. The second-order valence-electron chi connectivity index (χ2n) is 7.49. The Labute approximate surface area is 176 Å². The number of carbonyl (C=O) groups is 3. The van der Waals surface area contributed by atoms with Gasteiger partial charge in [-0.2, -0.15) is 0 Å². The van der Waals surface area contributed by atoms with E-state index in [0.29, 0.717) is 34.0 Å². The molecular weight excluding hydrogens is 392 g/mol. The van der Waals surface area contributed by atoms with Gasteiger partial charge in [0, 0.05) is 17.8 Å². The van der Waals surface area contributed by atoms with E-state index in [4.69, 9.17) is 16.3 Å². The number of hydrogen-bond acceptors (Lipinski definition) is 4. The number of aromatic nitrogens is 1. The summed E-state index contributed by atoms with van der Waals surface area (Å²) in [6.45, 7) is 9.46. The van der Waals surface area contributed by atoms with Crippen LogP contribution in [0.2, 0.25) is 5.02 Å². The van der Waals surface area contributed by atoms with Gasteiger partial charge in [0.25, 0.3) is 5.91 Å². The van der Waals surface area contributed by atoms with E-state index < -0.39 is 12.0 Å². The van der Waals surface area contributed by atoms with Crippen molar-refractivity contribution in [3.05, 3.63) is 57.4 Å². The lowest BCUT2D eigenvalue weighted by Gasteiger charge is -2.30. The lowest BCUT2D eigenvalue weighted by Crippen LogP contribution is -2.45. The maximum Gasteiger partial charge on any atom is 0.354 e. The number of amides is 1. The molecule has 0 aliphatic carbocycles. The Balaban J connectivity index is 2.44. The Bertz CT molecular complexity index is 933. The molecule has 0 saturated carbocycles. The second kappa shape index (κ2) is 9.27. The van der Waals surface area contributed by atoms with Gasteiger partial charge in [-0.25, -0.2) is 4.79 Å². The Morgan fingerprint density at radius 3 is 2.31 bits per heavy atom. The van der Waals surface area contributed by atoms with Crippen LogP contribution in [-0.2, 0) is 4.74 Å². The summed E-state index contributed by atoms with van der Waals surface area (Å²) < 4.78 is 4.77. The van der Waals surface area contributed by atoms with E-state index in [-0.39, 0.29) is 23.3 Å². The molecule has 6 nitrogen and oxygen atoms in total. The minimum Gasteiger partial charge on any atom is -0.464 e. The fraction of sp³-hybridized carbons (Fsp3) is 0.409. The summed E-state index contributed by atoms with van der Waals surface area (Å²) in [5.74, 6) is -0.934. The highest BCUT2D eigenvalue weighted by Crippen LogP contribution is 2.24. The second-order valence-corrected chi connectivity index (χ2v) is 7.90. The van der Waals surface area contributed by atoms with Crippen LogP contribution in [0.3, 0.4) is 0 Å². The zero-order valence-corrected chi connectivity index (χ0v) is 18.4. The minimum absolute atomic E-state index is 0.149. The predicted octanol–water partition coefficient (Wildman–Crippen LogP) is 4.44. The molecule has 2 rings (SSSR count). The largest absolute Gasteiger partial charge is 0.464 e. The third kappa shape index (κ3) is 4.70. The highest BCUT2D eigenvalue weighted by molar-refractivity contribution is 6.33. The third-order valence-electron chi connectivity index (χ3n) is 4.85. The summed E-state index contributed by atoms with van der Waals surface area (Å²) in [6.07, 6.45) is 0. The summed E-state index contributed by atoms with van der Waals surface area (Å²) in [6, 6.07) is 6.05. The van der Waals surface area contributed by atoms with Crippen LogP contribution in [0.1, 0.15) is 63.2 Å². The zero-order chi connectivity index (χ0) is 21.9. The summed E-state index contributed by atoms with van der Waals surface area (Å²) in [4.78, 5) is 43.0. The van der Waals surface area contributed by atoms with Crippen molar-refractivity contribution in [3.63, 3.8) is 0 Å². The van der Waals surface area contributed by atoms with Crippen molar-refractivity contribution in [2.45, 2.75) is 40.7 Å². The van der Waals surface area contributed by atoms with Crippen molar-refractivity contribution >= 4 is 29.3 Å². The molecule has 0 saturated heterocycles. The number of aryl methyl sites for hydroxylation is 1. The van der Waals surface area contributed by atoms with E-state index in [9.17, 15) is 14.4 Å². The lowest BCUT2D eigenvalue weighted by atomic mass is 9.98. The Morgan fingerprint density at radius 1 is 1.14 bits per heavy atom. The molecule has 0 aliphatic heterocycles. The van der Waals surface area contributed by atoms with E-state index in [1.165, 1.54) is 12.0 Å². The summed E-state index contributed by atoms with van der Waals surface area (Å²) in [5, 5.41) is 0.341. The number of ether oxygens (including phenoxy) is 1. The van der Waals surface area contributed by atoms with Crippen molar-refractivity contribution in [2.24, 2.45) is 5.92 Å². The maximum absolute atomic E-state index is 13.4. The number of nitrogens with one attached hydrogen (secondary N) is 1. The van der Waals surface area contributed by atoms with E-state index in [2.05, 4.69) is 4.98 Å². The first-order chi connectivity index (χ1) is 13.6. The fourth-order valence-corrected chi connectivity index (χ4v) is 3.59. The molecule has 1 aromatic heterocycles. The maximum atomic E-state index is 13.4. The highest BCUT2D eigenvalue weighted by Gasteiger charge is 2.32. The molecule has 0 spiro atoms. The molecule has 1 atom stereocenters. The SMILES string of the molecule is COC(=O)c1[nH]c(C)c(C(=O)C(C)N(CC(C)C)C(=O)c2ccccc2Cl)c1C. The van der Waals surface area contributed by atoms with Gasteiger partial charge in [0.1, 0.15) is 5.69 Å². The van der Waals surface area contributed by atoms with Crippen LogP contribution in [0.25, 0.3) is 0 Å². The van der Waals surface area contributed by atoms with Gasteiger partial charge in [-0.3, -0.25) is 9.59 Å². The summed E-state index contributed by atoms with van der Waals surface area (Å²) >= 11 is 6.22. The van der Waals surface area contributed by atoms with Crippen molar-refractivity contribution in [1.29, 1.82) is 0 Å². The van der Waals surface area contributed by atoms with Gasteiger partial charge in [0.2, 0.25) is 0 Å². The van der Waals surface area contributed by atoms with Gasteiger partial charge in [0.05, 0.1) is 23.7 Å². The van der Waals surface area contributed by atoms with Gasteiger partial charge in [-0.1, -0.05) is 37.6 Å². The van der Waals surface area contributed by atoms with Crippen LogP contribution < -0.4 is 0 Å². The van der Waals surface area contributed by atoms with E-state index >= 15 is 0 Å². The number of carbonyl (C=O) groups excluding carboxylic acids is 3. The van der Waals surface area contributed by atoms with Crippen molar-refractivity contribution < 1.29 is 19.1 Å². The van der Waals surface area contributed by atoms with Crippen molar-refractivity contribution in [3.8, 4) is 0 Å². The minimum atomic E-state index is -0.736. The van der Waals surface area contributed by atoms with Crippen LogP contribution in [0, 0.1) is 19.8 Å². The lowest BCUT2D eigenvalue weighted by molar-refractivity contribution is 0.0591. The molecule has 1 unspecified atom stereocenters. The van der Waals surface area contributed by atoms with E-state index in [0.717, 1.165) is 0 Å². The predicted molar refractivity (Wildman–Crippen MR) is 113 cm³/mol. The topological polar surface area (TPSA) is 79.5 Å². The molecule has 0 radical (unpaired) electrons. The van der Waals surface area contributed by atoms with Gasteiger partial charge in [-0.15, -0.1) is 0 Å². The smallest absolute Gasteiger partial charge is 0.354 e. The van der Waals surface area contributed by atoms with Crippen LogP contribution in [0.5, 0.6) is 0 Å². The number of rotatable bonds is 7. The molecule has 2 aromatic rings. The summed E-state index contributed by atoms with van der Waals surface area (Å²) in [7, 11) is 1.29. The first kappa shape index (κ1) is 22.7. The number of nitrogens with zero attached hydrogens (tertiary/aromatic N) is 1. The quantitative estimate of drug-likeness (QED) is 0.532. The Hall–Kier alpha value is -2.60. The third-order valence-corrected chi connectivity index (χ3v) is 5.18. The molecule has 1 amide bonds. The van der Waals surface area contributed by atoms with Crippen LogP contribution in [0.15, 0.2) is 24.3 Å². The summed E-state index contributed by atoms with van der Waals surface area (Å²) in [5.41, 5.74) is 2.08. The normalized spacial score (nSPS) is 12.0. The number of hydrogen-bond donors (Lipinski definition) is 1. The van der Waals surface area contributed by atoms with Gasteiger partial charge in [-0.05, 0) is 44.4 Å². The number of benzene rings is 1. The van der Waals surface area contributed by atoms with Crippen LogP contribution >= 0.6 is 11.6 Å². The monoisotopic (exact) mass is 418 g/mol. The molecule has 0 fully saturated rings. The molecule has 1 aromatic carbocycles. The molecule has 0 aliphatic rings. The number of H-pyrrole nitrogens is 1. The molecule has 29 heavy (non-hydrogen) atoms. The molecule has 0 bridgehead atoms. The van der Waals surface area contributed by atoms with Gasteiger partial charge >= 0.3 is 5.97 Å². The Morgan fingerprint density at radius 2 is 1.76 bits per heavy atom.